The number of rotatable bonds is 3. The van der Waals surface area contributed by atoms with Gasteiger partial charge >= 0.3 is 0 Å². The second kappa shape index (κ2) is 10.8. The summed E-state index contributed by atoms with van der Waals surface area (Å²) in [7, 11) is 0. The van der Waals surface area contributed by atoms with Gasteiger partial charge in [0, 0.05) is 0 Å². The molecule has 0 aromatic heterocycles. The Kier molecular flexibility index (Phi) is 10.8. The van der Waals surface area contributed by atoms with E-state index in [1.165, 1.54) is 19.3 Å². The maximum atomic E-state index is 4.85. The fourth-order valence-electron chi connectivity index (χ4n) is 3.95. The lowest BCUT2D eigenvalue weighted by atomic mass is 9.76. The Morgan fingerprint density at radius 3 is 1.67 bits per heavy atom. The zero-order valence-electron chi connectivity index (χ0n) is 13.1. The van der Waals surface area contributed by atoms with Crippen LogP contribution in [0.5, 0.6) is 0 Å². The highest BCUT2D eigenvalue weighted by Crippen LogP contribution is 2.54. The average Bonchev–Trinajstić information content (AvgIpc) is 2.92. The molecule has 2 aliphatic carbocycles. The average molecular weight is 256 g/mol. The number of fused-ring (bicyclic) bond motifs is 2. The third-order valence-corrected chi connectivity index (χ3v) is 4.37. The van der Waals surface area contributed by atoms with Crippen LogP contribution in [-0.4, -0.2) is 13.1 Å². The van der Waals surface area contributed by atoms with E-state index in [1.54, 1.807) is 19.3 Å². The van der Waals surface area contributed by atoms with Crippen LogP contribution in [0.15, 0.2) is 0 Å². The van der Waals surface area contributed by atoms with Crippen molar-refractivity contribution in [2.75, 3.05) is 13.1 Å². The molecule has 0 aromatic carbocycles. The highest BCUT2D eigenvalue weighted by Gasteiger charge is 2.45. The van der Waals surface area contributed by atoms with E-state index in [1.807, 2.05) is 13.8 Å². The van der Waals surface area contributed by atoms with Gasteiger partial charge in [0.2, 0.25) is 0 Å². The lowest BCUT2D eigenvalue weighted by Gasteiger charge is -2.30. The molecular formula is C16H36N2. The van der Waals surface area contributed by atoms with Gasteiger partial charge in [-0.2, -0.15) is 0 Å². The molecule has 0 aromatic rings. The third kappa shape index (κ3) is 5.27. The van der Waals surface area contributed by atoms with Crippen LogP contribution in [0.3, 0.4) is 0 Å². The van der Waals surface area contributed by atoms with Crippen molar-refractivity contribution >= 4 is 0 Å². The van der Waals surface area contributed by atoms with Crippen LogP contribution in [0.25, 0.3) is 0 Å². The zero-order valence-corrected chi connectivity index (χ0v) is 13.1. The van der Waals surface area contributed by atoms with Crippen LogP contribution >= 0.6 is 0 Å². The molecule has 2 aliphatic rings. The Bertz CT molecular complexity index is 180. The first-order valence-corrected chi connectivity index (χ1v) is 8.09. The van der Waals surface area contributed by atoms with Gasteiger partial charge in [0.1, 0.15) is 0 Å². The lowest BCUT2D eigenvalue weighted by molar-refractivity contribution is 0.201. The maximum absolute atomic E-state index is 4.85. The van der Waals surface area contributed by atoms with Gasteiger partial charge in [-0.15, -0.1) is 0 Å². The molecule has 0 radical (unpaired) electrons. The summed E-state index contributed by atoms with van der Waals surface area (Å²) in [5.41, 5.74) is 9.69. The molecule has 2 saturated carbocycles. The minimum atomic E-state index is 0.750. The number of hydrogen-bond acceptors (Lipinski definition) is 2. The summed E-state index contributed by atoms with van der Waals surface area (Å²) in [5, 5.41) is 0. The molecule has 4 N–H and O–H groups in total. The normalized spacial score (nSPS) is 32.3. The van der Waals surface area contributed by atoms with Gasteiger partial charge in [-0.1, -0.05) is 47.0 Å². The molecule has 2 heteroatoms. The molecule has 2 rings (SSSR count). The monoisotopic (exact) mass is 256 g/mol. The lowest BCUT2D eigenvalue weighted by Crippen LogP contribution is -2.21. The molecule has 2 bridgehead atoms. The first kappa shape index (κ1) is 17.9. The summed E-state index contributed by atoms with van der Waals surface area (Å²) >= 11 is 0. The SMILES string of the molecule is CCCC1C2CCC(C2)C1CC.CCN.CCN. The van der Waals surface area contributed by atoms with Crippen molar-refractivity contribution in [2.24, 2.45) is 35.1 Å². The molecule has 4 unspecified atom stereocenters. The Morgan fingerprint density at radius 1 is 0.833 bits per heavy atom. The highest BCUT2D eigenvalue weighted by atomic mass is 14.5. The van der Waals surface area contributed by atoms with Crippen LogP contribution in [0.4, 0.5) is 0 Å². The summed E-state index contributed by atoms with van der Waals surface area (Å²) in [6, 6.07) is 0. The van der Waals surface area contributed by atoms with Gasteiger partial charge in [-0.05, 0) is 56.0 Å². The second-order valence-electron chi connectivity index (χ2n) is 5.67. The molecule has 110 valence electrons. The minimum Gasteiger partial charge on any atom is -0.331 e. The largest absolute Gasteiger partial charge is 0.331 e. The van der Waals surface area contributed by atoms with E-state index >= 15 is 0 Å². The molecule has 0 aliphatic heterocycles. The van der Waals surface area contributed by atoms with E-state index in [-0.39, 0.29) is 0 Å². The standard InChI is InChI=1S/C12H22.2C2H7N/c1-3-5-12-10-7-6-9(8-10)11(12)4-2;2*1-2-3/h9-12H,3-8H2,1-2H3;2*2-3H2,1H3. The Labute approximate surface area is 115 Å². The molecule has 0 amide bonds. The molecule has 2 fully saturated rings. The molecule has 4 atom stereocenters. The van der Waals surface area contributed by atoms with Crippen LogP contribution in [-0.2, 0) is 0 Å². The first-order valence-electron chi connectivity index (χ1n) is 8.09. The smallest absolute Gasteiger partial charge is 0.0106 e. The number of nitrogens with two attached hydrogens (primary N) is 2. The van der Waals surface area contributed by atoms with Gasteiger partial charge in [-0.25, -0.2) is 0 Å². The Hall–Kier alpha value is -0.0800. The summed E-state index contributed by atoms with van der Waals surface area (Å²) in [4.78, 5) is 0. The first-order chi connectivity index (χ1) is 8.69. The van der Waals surface area contributed by atoms with E-state index in [2.05, 4.69) is 13.8 Å². The zero-order chi connectivity index (χ0) is 14.0. The summed E-state index contributed by atoms with van der Waals surface area (Å²) in [6.07, 6.45) is 9.08. The van der Waals surface area contributed by atoms with Crippen LogP contribution in [0.1, 0.15) is 66.2 Å². The fraction of sp³-hybridized carbons (Fsp3) is 1.00. The van der Waals surface area contributed by atoms with Crippen molar-refractivity contribution in [1.82, 2.24) is 0 Å². The minimum absolute atomic E-state index is 0.750. The van der Waals surface area contributed by atoms with Crippen LogP contribution in [0.2, 0.25) is 0 Å². The van der Waals surface area contributed by atoms with Crippen LogP contribution < -0.4 is 11.5 Å². The van der Waals surface area contributed by atoms with E-state index in [0.29, 0.717) is 0 Å². The van der Waals surface area contributed by atoms with E-state index < -0.39 is 0 Å². The Morgan fingerprint density at radius 2 is 1.28 bits per heavy atom. The highest BCUT2D eigenvalue weighted by molar-refractivity contribution is 4.95. The quantitative estimate of drug-likeness (QED) is 0.807. The molecule has 0 saturated heterocycles. The second-order valence-corrected chi connectivity index (χ2v) is 5.67. The summed E-state index contributed by atoms with van der Waals surface area (Å²) < 4.78 is 0. The molecule has 0 heterocycles. The van der Waals surface area contributed by atoms with Crippen molar-refractivity contribution in [1.29, 1.82) is 0 Å². The Balaban J connectivity index is 0.000000414. The third-order valence-electron chi connectivity index (χ3n) is 4.37. The van der Waals surface area contributed by atoms with Crippen molar-refractivity contribution in [3.63, 3.8) is 0 Å². The van der Waals surface area contributed by atoms with Crippen molar-refractivity contribution in [3.8, 4) is 0 Å². The molecular weight excluding hydrogens is 220 g/mol. The van der Waals surface area contributed by atoms with Crippen molar-refractivity contribution in [2.45, 2.75) is 66.2 Å². The van der Waals surface area contributed by atoms with Gasteiger partial charge in [0.05, 0.1) is 0 Å². The maximum Gasteiger partial charge on any atom is -0.0106 e. The predicted octanol–water partition coefficient (Wildman–Crippen LogP) is 3.79. The van der Waals surface area contributed by atoms with Crippen molar-refractivity contribution < 1.29 is 0 Å². The molecule has 18 heavy (non-hydrogen) atoms. The van der Waals surface area contributed by atoms with Crippen molar-refractivity contribution in [3.05, 3.63) is 0 Å². The molecule has 0 spiro atoms. The van der Waals surface area contributed by atoms with Crippen LogP contribution in [0, 0.1) is 23.7 Å². The summed E-state index contributed by atoms with van der Waals surface area (Å²) in [6.45, 7) is 10.0. The van der Waals surface area contributed by atoms with E-state index in [0.717, 1.165) is 36.8 Å². The molecule has 2 nitrogen and oxygen atoms in total. The van der Waals surface area contributed by atoms with E-state index in [9.17, 15) is 0 Å². The van der Waals surface area contributed by atoms with E-state index in [4.69, 9.17) is 11.5 Å². The topological polar surface area (TPSA) is 52.0 Å². The van der Waals surface area contributed by atoms with Gasteiger partial charge in [0.25, 0.3) is 0 Å². The summed E-state index contributed by atoms with van der Waals surface area (Å²) in [5.74, 6) is 4.51. The van der Waals surface area contributed by atoms with Gasteiger partial charge in [0.15, 0.2) is 0 Å². The fourth-order valence-corrected chi connectivity index (χ4v) is 3.95. The number of hydrogen-bond donors (Lipinski definition) is 2. The van der Waals surface area contributed by atoms with Gasteiger partial charge in [-0.3, -0.25) is 0 Å². The van der Waals surface area contributed by atoms with Gasteiger partial charge < -0.3 is 11.5 Å². The predicted molar refractivity (Wildman–Crippen MR) is 82.5 cm³/mol.